The Morgan fingerprint density at radius 2 is 2.21 bits per heavy atom. The smallest absolute Gasteiger partial charge is 0.257 e. The minimum Gasteiger partial charge on any atom is -0.337 e. The van der Waals surface area contributed by atoms with Crippen LogP contribution in [0.5, 0.6) is 0 Å². The fourth-order valence-electron chi connectivity index (χ4n) is 2.79. The number of nitrogens with two attached hydrogens (primary N) is 1. The van der Waals surface area contributed by atoms with Crippen LogP contribution in [-0.4, -0.2) is 39.7 Å². The van der Waals surface area contributed by atoms with Crippen LogP contribution in [0.15, 0.2) is 0 Å². The normalized spacial score (nSPS) is 19.8. The number of rotatable bonds is 3. The minimum atomic E-state index is 0.0903. The Hall–Kier alpha value is -1.36. The van der Waals surface area contributed by atoms with Crippen molar-refractivity contribution in [3.05, 3.63) is 17.0 Å². The zero-order valence-corrected chi connectivity index (χ0v) is 12.1. The molecule has 1 aliphatic rings. The second-order valence-electron chi connectivity index (χ2n) is 5.42. The van der Waals surface area contributed by atoms with Gasteiger partial charge in [-0.1, -0.05) is 6.92 Å². The van der Waals surface area contributed by atoms with E-state index < -0.39 is 0 Å². The maximum Gasteiger partial charge on any atom is 0.257 e. The number of aryl methyl sites for hydroxylation is 2. The summed E-state index contributed by atoms with van der Waals surface area (Å²) in [6.45, 7) is 8.34. The number of hydrogen-bond acceptors (Lipinski definition) is 3. The second kappa shape index (κ2) is 5.74. The first kappa shape index (κ1) is 14.1. The van der Waals surface area contributed by atoms with Gasteiger partial charge in [-0.05, 0) is 33.1 Å². The summed E-state index contributed by atoms with van der Waals surface area (Å²) < 4.78 is 1.94. The molecule has 1 fully saturated rings. The van der Waals surface area contributed by atoms with Crippen molar-refractivity contribution in [2.45, 2.75) is 52.6 Å². The summed E-state index contributed by atoms with van der Waals surface area (Å²) in [5, 5.41) is 4.47. The molecule has 0 radical (unpaired) electrons. The Morgan fingerprint density at radius 3 is 2.84 bits per heavy atom. The number of nitrogens with zero attached hydrogens (tertiary/aromatic N) is 3. The van der Waals surface area contributed by atoms with E-state index in [2.05, 4.69) is 12.0 Å². The van der Waals surface area contributed by atoms with Crippen molar-refractivity contribution in [1.29, 1.82) is 0 Å². The van der Waals surface area contributed by atoms with Crippen molar-refractivity contribution in [2.75, 3.05) is 13.1 Å². The van der Waals surface area contributed by atoms with E-state index in [-0.39, 0.29) is 11.9 Å². The third-order valence-electron chi connectivity index (χ3n) is 3.78. The Bertz CT molecular complexity index is 466. The van der Waals surface area contributed by atoms with E-state index in [1.54, 1.807) is 0 Å². The number of hydrogen-bond donors (Lipinski definition) is 1. The molecule has 0 aliphatic carbocycles. The Labute approximate surface area is 114 Å². The van der Waals surface area contributed by atoms with Crippen LogP contribution >= 0.6 is 0 Å². The predicted molar refractivity (Wildman–Crippen MR) is 75.1 cm³/mol. The molecule has 2 rings (SSSR count). The summed E-state index contributed by atoms with van der Waals surface area (Å²) in [5.74, 6) is 0.0903. The van der Waals surface area contributed by atoms with Gasteiger partial charge in [-0.25, -0.2) is 0 Å². The highest BCUT2D eigenvalue weighted by Gasteiger charge is 2.26. The van der Waals surface area contributed by atoms with Gasteiger partial charge >= 0.3 is 0 Å². The number of piperidine rings is 1. The van der Waals surface area contributed by atoms with Gasteiger partial charge in [-0.2, -0.15) is 5.10 Å². The summed E-state index contributed by atoms with van der Waals surface area (Å²) >= 11 is 0. The van der Waals surface area contributed by atoms with E-state index >= 15 is 0 Å². The van der Waals surface area contributed by atoms with Crippen LogP contribution in [0.1, 0.15) is 47.9 Å². The highest BCUT2D eigenvalue weighted by Crippen LogP contribution is 2.18. The lowest BCUT2D eigenvalue weighted by Crippen LogP contribution is -2.46. The lowest BCUT2D eigenvalue weighted by molar-refractivity contribution is 0.0707. The van der Waals surface area contributed by atoms with Crippen LogP contribution in [0.25, 0.3) is 0 Å². The first-order chi connectivity index (χ1) is 9.04. The molecule has 19 heavy (non-hydrogen) atoms. The van der Waals surface area contributed by atoms with Crippen molar-refractivity contribution < 1.29 is 4.79 Å². The highest BCUT2D eigenvalue weighted by molar-refractivity contribution is 5.96. The number of carbonyl (C=O) groups is 1. The quantitative estimate of drug-likeness (QED) is 0.899. The van der Waals surface area contributed by atoms with Crippen LogP contribution < -0.4 is 5.73 Å². The zero-order valence-electron chi connectivity index (χ0n) is 12.1. The molecule has 1 amide bonds. The zero-order chi connectivity index (χ0) is 14.0. The maximum atomic E-state index is 12.6. The molecule has 0 saturated carbocycles. The third kappa shape index (κ3) is 2.81. The number of carbonyl (C=O) groups excluding carboxylic acids is 1. The van der Waals surface area contributed by atoms with E-state index in [4.69, 9.17) is 5.73 Å². The molecular formula is C14H24N4O. The average Bonchev–Trinajstić information content (AvgIpc) is 2.64. The number of likely N-dealkylation sites (tertiary alicyclic amines) is 1. The average molecular weight is 264 g/mol. The van der Waals surface area contributed by atoms with Gasteiger partial charge < -0.3 is 10.6 Å². The fourth-order valence-corrected chi connectivity index (χ4v) is 2.79. The molecular weight excluding hydrogens is 240 g/mol. The monoisotopic (exact) mass is 264 g/mol. The van der Waals surface area contributed by atoms with Crippen molar-refractivity contribution in [3.63, 3.8) is 0 Å². The topological polar surface area (TPSA) is 64.2 Å². The van der Waals surface area contributed by atoms with Gasteiger partial charge in [0.1, 0.15) is 0 Å². The lowest BCUT2D eigenvalue weighted by atomic mass is 10.0. The molecule has 1 aromatic heterocycles. The Morgan fingerprint density at radius 1 is 1.47 bits per heavy atom. The first-order valence-electron chi connectivity index (χ1n) is 7.13. The number of aromatic nitrogens is 2. The molecule has 1 aliphatic heterocycles. The van der Waals surface area contributed by atoms with Gasteiger partial charge in [0.25, 0.3) is 5.91 Å². The molecule has 2 N–H and O–H groups in total. The lowest BCUT2D eigenvalue weighted by Gasteiger charge is -2.30. The summed E-state index contributed by atoms with van der Waals surface area (Å²) in [6, 6.07) is 0.115. The van der Waals surface area contributed by atoms with Crippen LogP contribution in [0.2, 0.25) is 0 Å². The van der Waals surface area contributed by atoms with Crippen LogP contribution in [-0.2, 0) is 6.54 Å². The largest absolute Gasteiger partial charge is 0.337 e. The SMILES string of the molecule is CCCn1nc(C)c(C(=O)N2CCCC(N)C2)c1C. The van der Waals surface area contributed by atoms with Gasteiger partial charge in [0.05, 0.1) is 11.3 Å². The van der Waals surface area contributed by atoms with Gasteiger partial charge in [-0.15, -0.1) is 0 Å². The van der Waals surface area contributed by atoms with Crippen molar-refractivity contribution in [2.24, 2.45) is 5.73 Å². The van der Waals surface area contributed by atoms with Crippen LogP contribution in [0, 0.1) is 13.8 Å². The molecule has 1 atom stereocenters. The summed E-state index contributed by atoms with van der Waals surface area (Å²) in [7, 11) is 0. The summed E-state index contributed by atoms with van der Waals surface area (Å²) in [5.41, 5.74) is 8.53. The fraction of sp³-hybridized carbons (Fsp3) is 0.714. The highest BCUT2D eigenvalue weighted by atomic mass is 16.2. The van der Waals surface area contributed by atoms with E-state index in [0.29, 0.717) is 6.54 Å². The van der Waals surface area contributed by atoms with Gasteiger partial charge in [-0.3, -0.25) is 9.48 Å². The summed E-state index contributed by atoms with van der Waals surface area (Å²) in [6.07, 6.45) is 3.02. The predicted octanol–water partition coefficient (Wildman–Crippen LogP) is 1.47. The third-order valence-corrected chi connectivity index (χ3v) is 3.78. The standard InChI is InChI=1S/C14H24N4O/c1-4-7-18-11(3)13(10(2)16-18)14(19)17-8-5-6-12(15)9-17/h12H,4-9,15H2,1-3H3. The van der Waals surface area contributed by atoms with Gasteiger partial charge in [0, 0.05) is 31.4 Å². The minimum absolute atomic E-state index is 0.0903. The molecule has 0 aromatic carbocycles. The van der Waals surface area contributed by atoms with Crippen LogP contribution in [0.4, 0.5) is 0 Å². The molecule has 5 heteroatoms. The second-order valence-corrected chi connectivity index (χ2v) is 5.42. The molecule has 5 nitrogen and oxygen atoms in total. The Kier molecular flexibility index (Phi) is 4.24. The summed E-state index contributed by atoms with van der Waals surface area (Å²) in [4.78, 5) is 14.5. The maximum absolute atomic E-state index is 12.6. The number of amides is 1. The molecule has 1 aromatic rings. The van der Waals surface area contributed by atoms with Gasteiger partial charge in [0.15, 0.2) is 0 Å². The van der Waals surface area contributed by atoms with Crippen molar-refractivity contribution >= 4 is 5.91 Å². The molecule has 0 spiro atoms. The molecule has 106 valence electrons. The first-order valence-corrected chi connectivity index (χ1v) is 7.13. The Balaban J connectivity index is 2.23. The van der Waals surface area contributed by atoms with Gasteiger partial charge in [0.2, 0.25) is 0 Å². The van der Waals surface area contributed by atoms with Crippen molar-refractivity contribution in [1.82, 2.24) is 14.7 Å². The molecule has 1 saturated heterocycles. The van der Waals surface area contributed by atoms with Crippen LogP contribution in [0.3, 0.4) is 0 Å². The molecule has 1 unspecified atom stereocenters. The van der Waals surface area contributed by atoms with E-state index in [0.717, 1.165) is 49.3 Å². The van der Waals surface area contributed by atoms with Crippen molar-refractivity contribution in [3.8, 4) is 0 Å². The van der Waals surface area contributed by atoms with E-state index in [1.807, 2.05) is 23.4 Å². The molecule has 0 bridgehead atoms. The molecule has 2 heterocycles. The van der Waals surface area contributed by atoms with E-state index in [1.165, 1.54) is 0 Å². The van der Waals surface area contributed by atoms with E-state index in [9.17, 15) is 4.79 Å².